The molecule has 1 aliphatic carbocycles. The molecule has 1 aliphatic rings. The Balaban J connectivity index is 1.72. The van der Waals surface area contributed by atoms with E-state index in [1.54, 1.807) is 0 Å². The number of aromatic nitrogens is 1. The molecular weight excluding hydrogens is 188 g/mol. The lowest BCUT2D eigenvalue weighted by molar-refractivity contribution is 0.00468. The molecule has 1 aromatic heterocycles. The fraction of sp³-hybridized carbons (Fsp3) is 0.667. The highest BCUT2D eigenvalue weighted by atomic mass is 16.3. The fourth-order valence-corrected chi connectivity index (χ4v) is 2.29. The van der Waals surface area contributed by atoms with Gasteiger partial charge in [0.2, 0.25) is 0 Å². The standard InChI is InChI=1S/C12H20N2O/c15-12(5-2-1-3-6-12)10-14-9-11-4-7-13-8-11/h4,7-8,13-15H,1-3,5-6,9-10H2. The van der Waals surface area contributed by atoms with Gasteiger partial charge in [0.1, 0.15) is 0 Å². The minimum atomic E-state index is -0.450. The quantitative estimate of drug-likeness (QED) is 0.706. The molecule has 0 aromatic carbocycles. The normalized spacial score (nSPS) is 20.3. The van der Waals surface area contributed by atoms with E-state index in [1.807, 2.05) is 12.4 Å². The van der Waals surface area contributed by atoms with Gasteiger partial charge in [-0.15, -0.1) is 0 Å². The fourth-order valence-electron chi connectivity index (χ4n) is 2.29. The number of hydrogen-bond donors (Lipinski definition) is 3. The van der Waals surface area contributed by atoms with E-state index < -0.39 is 5.60 Å². The Kier molecular flexibility index (Phi) is 3.44. The SMILES string of the molecule is OC1(CNCc2cc[nH]c2)CCCCC1. The maximum absolute atomic E-state index is 10.2. The van der Waals surface area contributed by atoms with E-state index in [0.29, 0.717) is 0 Å². The number of rotatable bonds is 4. The summed E-state index contributed by atoms with van der Waals surface area (Å²) in [5, 5.41) is 13.6. The van der Waals surface area contributed by atoms with E-state index in [4.69, 9.17) is 0 Å². The van der Waals surface area contributed by atoms with E-state index in [0.717, 1.165) is 25.9 Å². The van der Waals surface area contributed by atoms with Crippen LogP contribution in [0.5, 0.6) is 0 Å². The lowest BCUT2D eigenvalue weighted by Gasteiger charge is -2.32. The van der Waals surface area contributed by atoms with Crippen LogP contribution in [0.3, 0.4) is 0 Å². The monoisotopic (exact) mass is 208 g/mol. The van der Waals surface area contributed by atoms with Crippen LogP contribution in [0.25, 0.3) is 0 Å². The molecular formula is C12H20N2O. The van der Waals surface area contributed by atoms with Crippen molar-refractivity contribution < 1.29 is 5.11 Å². The molecule has 2 rings (SSSR count). The number of H-pyrrole nitrogens is 1. The van der Waals surface area contributed by atoms with Crippen molar-refractivity contribution in [2.75, 3.05) is 6.54 Å². The zero-order valence-corrected chi connectivity index (χ0v) is 9.13. The van der Waals surface area contributed by atoms with Gasteiger partial charge in [-0.3, -0.25) is 0 Å². The highest BCUT2D eigenvalue weighted by Gasteiger charge is 2.28. The highest BCUT2D eigenvalue weighted by Crippen LogP contribution is 2.27. The number of aliphatic hydroxyl groups is 1. The molecule has 0 saturated heterocycles. The smallest absolute Gasteiger partial charge is 0.0771 e. The molecule has 84 valence electrons. The second-order valence-corrected chi connectivity index (χ2v) is 4.61. The van der Waals surface area contributed by atoms with Gasteiger partial charge in [-0.1, -0.05) is 19.3 Å². The van der Waals surface area contributed by atoms with Crippen LogP contribution in [0.2, 0.25) is 0 Å². The maximum Gasteiger partial charge on any atom is 0.0771 e. The molecule has 0 atom stereocenters. The Labute approximate surface area is 90.9 Å². The third-order valence-electron chi connectivity index (χ3n) is 3.23. The Hall–Kier alpha value is -0.800. The number of nitrogens with one attached hydrogen (secondary N) is 2. The molecule has 15 heavy (non-hydrogen) atoms. The van der Waals surface area contributed by atoms with Crippen molar-refractivity contribution in [3.8, 4) is 0 Å². The first kappa shape index (κ1) is 10.7. The molecule has 0 radical (unpaired) electrons. The second kappa shape index (κ2) is 4.81. The number of aromatic amines is 1. The zero-order valence-electron chi connectivity index (χ0n) is 9.13. The molecule has 0 aliphatic heterocycles. The van der Waals surface area contributed by atoms with Gasteiger partial charge in [-0.05, 0) is 24.5 Å². The summed E-state index contributed by atoms with van der Waals surface area (Å²) in [6.07, 6.45) is 9.43. The summed E-state index contributed by atoms with van der Waals surface area (Å²) in [5.74, 6) is 0. The third-order valence-corrected chi connectivity index (χ3v) is 3.23. The van der Waals surface area contributed by atoms with Crippen molar-refractivity contribution in [1.82, 2.24) is 10.3 Å². The average molecular weight is 208 g/mol. The van der Waals surface area contributed by atoms with Crippen molar-refractivity contribution in [1.29, 1.82) is 0 Å². The summed E-state index contributed by atoms with van der Waals surface area (Å²) >= 11 is 0. The summed E-state index contributed by atoms with van der Waals surface area (Å²) in [5.41, 5.74) is 0.795. The van der Waals surface area contributed by atoms with Crippen molar-refractivity contribution in [2.45, 2.75) is 44.2 Å². The molecule has 3 heteroatoms. The molecule has 0 unspecified atom stereocenters. The lowest BCUT2D eigenvalue weighted by atomic mass is 9.85. The van der Waals surface area contributed by atoms with E-state index in [2.05, 4.69) is 16.4 Å². The van der Waals surface area contributed by atoms with Gasteiger partial charge in [-0.2, -0.15) is 0 Å². The van der Waals surface area contributed by atoms with Gasteiger partial charge in [-0.25, -0.2) is 0 Å². The minimum absolute atomic E-state index is 0.450. The van der Waals surface area contributed by atoms with Crippen LogP contribution in [0, 0.1) is 0 Å². The average Bonchev–Trinajstić information content (AvgIpc) is 2.71. The molecule has 3 nitrogen and oxygen atoms in total. The summed E-state index contributed by atoms with van der Waals surface area (Å²) in [6, 6.07) is 2.05. The van der Waals surface area contributed by atoms with E-state index >= 15 is 0 Å². The zero-order chi connectivity index (χ0) is 10.6. The van der Waals surface area contributed by atoms with E-state index in [-0.39, 0.29) is 0 Å². The molecule has 0 spiro atoms. The van der Waals surface area contributed by atoms with Crippen molar-refractivity contribution >= 4 is 0 Å². The van der Waals surface area contributed by atoms with Gasteiger partial charge >= 0.3 is 0 Å². The number of hydrogen-bond acceptors (Lipinski definition) is 2. The largest absolute Gasteiger partial charge is 0.389 e. The van der Waals surface area contributed by atoms with Gasteiger partial charge in [0, 0.05) is 25.5 Å². The predicted molar refractivity (Wildman–Crippen MR) is 60.5 cm³/mol. The van der Waals surface area contributed by atoms with Crippen molar-refractivity contribution in [3.05, 3.63) is 24.0 Å². The van der Waals surface area contributed by atoms with Crippen LogP contribution in [-0.2, 0) is 6.54 Å². The Morgan fingerprint density at radius 1 is 1.33 bits per heavy atom. The molecule has 1 aromatic rings. The van der Waals surface area contributed by atoms with Crippen LogP contribution in [0.4, 0.5) is 0 Å². The first-order chi connectivity index (χ1) is 7.29. The highest BCUT2D eigenvalue weighted by molar-refractivity contribution is 5.07. The molecule has 1 fully saturated rings. The molecule has 1 saturated carbocycles. The van der Waals surface area contributed by atoms with Crippen molar-refractivity contribution in [3.63, 3.8) is 0 Å². The maximum atomic E-state index is 10.2. The predicted octanol–water partition coefficient (Wildman–Crippen LogP) is 1.80. The van der Waals surface area contributed by atoms with Crippen LogP contribution in [0.1, 0.15) is 37.7 Å². The molecule has 3 N–H and O–H groups in total. The van der Waals surface area contributed by atoms with Gasteiger partial charge in [0.25, 0.3) is 0 Å². The van der Waals surface area contributed by atoms with E-state index in [9.17, 15) is 5.11 Å². The summed E-state index contributed by atoms with van der Waals surface area (Å²) < 4.78 is 0. The Bertz CT molecular complexity index is 276. The van der Waals surface area contributed by atoms with Crippen LogP contribution < -0.4 is 5.32 Å². The van der Waals surface area contributed by atoms with Gasteiger partial charge in [0.05, 0.1) is 5.60 Å². The first-order valence-corrected chi connectivity index (χ1v) is 5.83. The minimum Gasteiger partial charge on any atom is -0.389 e. The van der Waals surface area contributed by atoms with Crippen LogP contribution >= 0.6 is 0 Å². The Morgan fingerprint density at radius 2 is 2.13 bits per heavy atom. The van der Waals surface area contributed by atoms with Crippen LogP contribution in [-0.4, -0.2) is 22.2 Å². The van der Waals surface area contributed by atoms with E-state index in [1.165, 1.54) is 24.8 Å². The Morgan fingerprint density at radius 3 is 2.80 bits per heavy atom. The lowest BCUT2D eigenvalue weighted by Crippen LogP contribution is -2.41. The van der Waals surface area contributed by atoms with Gasteiger partial charge < -0.3 is 15.4 Å². The summed E-state index contributed by atoms with van der Waals surface area (Å²) in [4.78, 5) is 3.03. The van der Waals surface area contributed by atoms with Gasteiger partial charge in [0.15, 0.2) is 0 Å². The first-order valence-electron chi connectivity index (χ1n) is 5.83. The topological polar surface area (TPSA) is 48.0 Å². The second-order valence-electron chi connectivity index (χ2n) is 4.61. The summed E-state index contributed by atoms with van der Waals surface area (Å²) in [7, 11) is 0. The van der Waals surface area contributed by atoms with Crippen LogP contribution in [0.15, 0.2) is 18.5 Å². The third kappa shape index (κ3) is 3.08. The molecule has 1 heterocycles. The van der Waals surface area contributed by atoms with Crippen molar-refractivity contribution in [2.24, 2.45) is 0 Å². The summed E-state index contributed by atoms with van der Waals surface area (Å²) in [6.45, 7) is 1.56. The molecule has 0 amide bonds. The molecule has 0 bridgehead atoms.